The van der Waals surface area contributed by atoms with Crippen molar-refractivity contribution in [3.8, 4) is 0 Å². The standard InChI is InChI=1S/C14H18N2O4S/c1-10-5-3-4-8-16(10)21(18,19)11-6-7-12-13(9-11)20-14(17)15(12)2/h6-7,9-10H,3-5,8H2,1-2H3/t10-/m0/s1. The normalized spacial score (nSPS) is 21.0. The third-order valence-electron chi connectivity index (χ3n) is 4.11. The van der Waals surface area contributed by atoms with E-state index in [1.165, 1.54) is 16.7 Å². The minimum absolute atomic E-state index is 0.00206. The molecule has 0 unspecified atom stereocenters. The first-order valence-corrected chi connectivity index (χ1v) is 8.46. The molecule has 1 aliphatic rings. The van der Waals surface area contributed by atoms with Crippen LogP contribution in [0, 0.1) is 0 Å². The SMILES string of the molecule is C[C@H]1CCCCN1S(=O)(=O)c1ccc2c(c1)oc(=O)n2C. The van der Waals surface area contributed by atoms with Crippen LogP contribution in [0.4, 0.5) is 0 Å². The average Bonchev–Trinajstić information content (AvgIpc) is 2.74. The summed E-state index contributed by atoms with van der Waals surface area (Å²) in [4.78, 5) is 11.7. The van der Waals surface area contributed by atoms with Crippen LogP contribution in [0.3, 0.4) is 0 Å². The molecule has 114 valence electrons. The monoisotopic (exact) mass is 310 g/mol. The quantitative estimate of drug-likeness (QED) is 0.846. The number of sulfonamides is 1. The van der Waals surface area contributed by atoms with Crippen LogP contribution in [0.2, 0.25) is 0 Å². The molecule has 0 amide bonds. The smallest absolute Gasteiger partial charge is 0.408 e. The lowest BCUT2D eigenvalue weighted by molar-refractivity contribution is 0.268. The Morgan fingerprint density at radius 2 is 2.05 bits per heavy atom. The molecule has 0 saturated carbocycles. The summed E-state index contributed by atoms with van der Waals surface area (Å²) >= 11 is 0. The van der Waals surface area contributed by atoms with Gasteiger partial charge in [0.25, 0.3) is 0 Å². The molecule has 2 aromatic rings. The van der Waals surface area contributed by atoms with Crippen LogP contribution in [0.5, 0.6) is 0 Å². The van der Waals surface area contributed by atoms with E-state index in [1.807, 2.05) is 6.92 Å². The summed E-state index contributed by atoms with van der Waals surface area (Å²) in [5, 5.41) is 0. The van der Waals surface area contributed by atoms with Gasteiger partial charge in [-0.15, -0.1) is 0 Å². The maximum absolute atomic E-state index is 12.7. The predicted molar refractivity (Wildman–Crippen MR) is 78.7 cm³/mol. The number of piperidine rings is 1. The van der Waals surface area contributed by atoms with Crippen molar-refractivity contribution in [1.29, 1.82) is 0 Å². The molecular formula is C14H18N2O4S. The Labute approximate surface area is 123 Å². The molecule has 2 heterocycles. The first-order valence-electron chi connectivity index (χ1n) is 7.02. The molecule has 0 radical (unpaired) electrons. The van der Waals surface area contributed by atoms with Crippen LogP contribution in [0.25, 0.3) is 11.1 Å². The Morgan fingerprint density at radius 1 is 1.29 bits per heavy atom. The van der Waals surface area contributed by atoms with Crippen LogP contribution in [-0.2, 0) is 17.1 Å². The zero-order valence-electron chi connectivity index (χ0n) is 12.1. The molecule has 1 saturated heterocycles. The van der Waals surface area contributed by atoms with E-state index < -0.39 is 15.8 Å². The van der Waals surface area contributed by atoms with E-state index in [-0.39, 0.29) is 10.9 Å². The number of oxazole rings is 1. The maximum Gasteiger partial charge on any atom is 0.419 e. The molecule has 1 aliphatic heterocycles. The van der Waals surface area contributed by atoms with Crippen molar-refractivity contribution >= 4 is 21.1 Å². The zero-order valence-corrected chi connectivity index (χ0v) is 12.9. The first kappa shape index (κ1) is 14.3. The van der Waals surface area contributed by atoms with E-state index in [0.29, 0.717) is 17.6 Å². The van der Waals surface area contributed by atoms with Crippen molar-refractivity contribution in [3.05, 3.63) is 28.7 Å². The van der Waals surface area contributed by atoms with E-state index in [0.717, 1.165) is 19.3 Å². The summed E-state index contributed by atoms with van der Waals surface area (Å²) in [6.07, 6.45) is 2.81. The molecule has 1 aromatic heterocycles. The maximum atomic E-state index is 12.7. The molecule has 0 spiro atoms. The number of aromatic nitrogens is 1. The van der Waals surface area contributed by atoms with Gasteiger partial charge in [0.1, 0.15) is 0 Å². The van der Waals surface area contributed by atoms with Crippen molar-refractivity contribution in [2.75, 3.05) is 6.54 Å². The Kier molecular flexibility index (Phi) is 3.41. The molecule has 0 N–H and O–H groups in total. The number of rotatable bonds is 2. The van der Waals surface area contributed by atoms with E-state index in [9.17, 15) is 13.2 Å². The molecular weight excluding hydrogens is 292 g/mol. The second kappa shape index (κ2) is 4.99. The number of nitrogens with zero attached hydrogens (tertiary/aromatic N) is 2. The topological polar surface area (TPSA) is 72.5 Å². The number of hydrogen-bond acceptors (Lipinski definition) is 4. The lowest BCUT2D eigenvalue weighted by atomic mass is 10.1. The van der Waals surface area contributed by atoms with Gasteiger partial charge in [-0.05, 0) is 31.9 Å². The predicted octanol–water partition coefficient (Wildman–Crippen LogP) is 1.69. The zero-order chi connectivity index (χ0) is 15.2. The second-order valence-corrected chi connectivity index (χ2v) is 7.41. The van der Waals surface area contributed by atoms with E-state index in [1.54, 1.807) is 17.4 Å². The summed E-state index contributed by atoms with van der Waals surface area (Å²) in [5.74, 6) is -0.495. The van der Waals surface area contributed by atoms with Gasteiger partial charge in [-0.2, -0.15) is 4.31 Å². The number of benzene rings is 1. The van der Waals surface area contributed by atoms with Crippen molar-refractivity contribution < 1.29 is 12.8 Å². The first-order chi connectivity index (χ1) is 9.91. The highest BCUT2D eigenvalue weighted by atomic mass is 32.2. The minimum Gasteiger partial charge on any atom is -0.408 e. The molecule has 6 nitrogen and oxygen atoms in total. The molecule has 1 fully saturated rings. The summed E-state index contributed by atoms with van der Waals surface area (Å²) in [5.41, 5.74) is 0.888. The highest BCUT2D eigenvalue weighted by Crippen LogP contribution is 2.26. The van der Waals surface area contributed by atoms with Gasteiger partial charge in [0.15, 0.2) is 5.58 Å². The van der Waals surface area contributed by atoms with Crippen LogP contribution < -0.4 is 5.76 Å². The molecule has 1 atom stereocenters. The summed E-state index contributed by atoms with van der Waals surface area (Å²) in [7, 11) is -1.95. The Morgan fingerprint density at radius 3 is 2.76 bits per heavy atom. The average molecular weight is 310 g/mol. The molecule has 3 rings (SSSR count). The van der Waals surface area contributed by atoms with Crippen LogP contribution in [0.15, 0.2) is 32.3 Å². The van der Waals surface area contributed by atoms with Gasteiger partial charge in [-0.25, -0.2) is 13.2 Å². The third-order valence-corrected chi connectivity index (χ3v) is 6.12. The fraction of sp³-hybridized carbons (Fsp3) is 0.500. The lowest BCUT2D eigenvalue weighted by Crippen LogP contribution is -2.41. The highest BCUT2D eigenvalue weighted by Gasteiger charge is 2.31. The van der Waals surface area contributed by atoms with Crippen LogP contribution >= 0.6 is 0 Å². The van der Waals surface area contributed by atoms with Gasteiger partial charge in [0.2, 0.25) is 10.0 Å². The van der Waals surface area contributed by atoms with Crippen molar-refractivity contribution in [2.45, 2.75) is 37.1 Å². The largest absolute Gasteiger partial charge is 0.419 e. The second-order valence-electron chi connectivity index (χ2n) is 5.52. The number of fused-ring (bicyclic) bond motifs is 1. The summed E-state index contributed by atoms with van der Waals surface area (Å²) < 4.78 is 33.4. The molecule has 0 bridgehead atoms. The fourth-order valence-corrected chi connectivity index (χ4v) is 4.55. The Balaban J connectivity index is 2.08. The molecule has 21 heavy (non-hydrogen) atoms. The van der Waals surface area contributed by atoms with Gasteiger partial charge < -0.3 is 4.42 Å². The summed E-state index contributed by atoms with van der Waals surface area (Å²) in [6.45, 7) is 2.47. The van der Waals surface area contributed by atoms with E-state index in [4.69, 9.17) is 4.42 Å². The van der Waals surface area contributed by atoms with Crippen molar-refractivity contribution in [1.82, 2.24) is 8.87 Å². The third kappa shape index (κ3) is 2.30. The molecule has 0 aliphatic carbocycles. The van der Waals surface area contributed by atoms with E-state index in [2.05, 4.69) is 0 Å². The van der Waals surface area contributed by atoms with Crippen LogP contribution in [-0.4, -0.2) is 29.9 Å². The van der Waals surface area contributed by atoms with Crippen molar-refractivity contribution in [3.63, 3.8) is 0 Å². The number of hydrogen-bond donors (Lipinski definition) is 0. The van der Waals surface area contributed by atoms with E-state index >= 15 is 0 Å². The minimum atomic E-state index is -3.54. The lowest BCUT2D eigenvalue weighted by Gasteiger charge is -2.32. The fourth-order valence-electron chi connectivity index (χ4n) is 2.84. The highest BCUT2D eigenvalue weighted by molar-refractivity contribution is 7.89. The van der Waals surface area contributed by atoms with Crippen LogP contribution in [0.1, 0.15) is 26.2 Å². The molecule has 7 heteroatoms. The Bertz CT molecular complexity index is 834. The van der Waals surface area contributed by atoms with Crippen molar-refractivity contribution in [2.24, 2.45) is 7.05 Å². The van der Waals surface area contributed by atoms with Gasteiger partial charge in [0.05, 0.1) is 10.4 Å². The molecule has 1 aromatic carbocycles. The number of aryl methyl sites for hydroxylation is 1. The van der Waals surface area contributed by atoms with Gasteiger partial charge in [-0.3, -0.25) is 4.57 Å². The van der Waals surface area contributed by atoms with Gasteiger partial charge in [0, 0.05) is 25.7 Å². The summed E-state index contributed by atoms with van der Waals surface area (Å²) in [6, 6.07) is 4.59. The van der Waals surface area contributed by atoms with Gasteiger partial charge >= 0.3 is 5.76 Å². The Hall–Kier alpha value is -1.60. The van der Waals surface area contributed by atoms with Gasteiger partial charge in [-0.1, -0.05) is 6.42 Å².